The first-order valence-electron chi connectivity index (χ1n) is 5.82. The lowest BCUT2D eigenvalue weighted by molar-refractivity contribution is -0.120. The fraction of sp³-hybridized carbons (Fsp3) is 0.462. The standard InChI is InChI=1S/C13H15NO3/c1-16-10-3-2-4-11-9(10)7-13(8-17-11)6-5-12(15)14-13/h2-4H,5-8H2,1H3,(H,14,15). The molecule has 3 rings (SSSR count). The molecule has 0 saturated carbocycles. The van der Waals surface area contributed by atoms with Crippen LogP contribution in [0.3, 0.4) is 0 Å². The second-order valence-corrected chi connectivity index (χ2v) is 4.73. The maximum absolute atomic E-state index is 11.4. The molecule has 2 heterocycles. The Morgan fingerprint density at radius 3 is 3.06 bits per heavy atom. The van der Waals surface area contributed by atoms with Crippen molar-refractivity contribution in [2.24, 2.45) is 0 Å². The van der Waals surface area contributed by atoms with Gasteiger partial charge in [0.2, 0.25) is 5.91 Å². The largest absolute Gasteiger partial charge is 0.496 e. The number of methoxy groups -OCH3 is 1. The normalized spacial score (nSPS) is 26.3. The molecule has 2 aliphatic heterocycles. The second kappa shape index (κ2) is 3.65. The molecule has 1 amide bonds. The van der Waals surface area contributed by atoms with Gasteiger partial charge in [0.1, 0.15) is 18.1 Å². The number of benzene rings is 1. The van der Waals surface area contributed by atoms with Gasteiger partial charge < -0.3 is 14.8 Å². The van der Waals surface area contributed by atoms with Crippen molar-refractivity contribution in [3.05, 3.63) is 23.8 Å². The zero-order valence-electron chi connectivity index (χ0n) is 9.79. The van der Waals surface area contributed by atoms with Crippen LogP contribution in [0.5, 0.6) is 11.5 Å². The summed E-state index contributed by atoms with van der Waals surface area (Å²) in [6.07, 6.45) is 2.22. The molecule has 90 valence electrons. The van der Waals surface area contributed by atoms with Gasteiger partial charge in [-0.2, -0.15) is 0 Å². The molecule has 1 aromatic rings. The van der Waals surface area contributed by atoms with E-state index in [9.17, 15) is 4.79 Å². The highest BCUT2D eigenvalue weighted by Crippen LogP contribution is 2.38. The van der Waals surface area contributed by atoms with E-state index >= 15 is 0 Å². The van der Waals surface area contributed by atoms with Crippen LogP contribution < -0.4 is 14.8 Å². The summed E-state index contributed by atoms with van der Waals surface area (Å²) >= 11 is 0. The summed E-state index contributed by atoms with van der Waals surface area (Å²) in [5, 5.41) is 3.04. The van der Waals surface area contributed by atoms with Crippen LogP contribution in [0.2, 0.25) is 0 Å². The minimum absolute atomic E-state index is 0.118. The highest BCUT2D eigenvalue weighted by Gasteiger charge is 2.42. The number of fused-ring (bicyclic) bond motifs is 1. The van der Waals surface area contributed by atoms with Gasteiger partial charge in [0.05, 0.1) is 12.6 Å². The molecule has 0 radical (unpaired) electrons. The van der Waals surface area contributed by atoms with Crippen molar-refractivity contribution in [1.29, 1.82) is 0 Å². The predicted octanol–water partition coefficient (Wildman–Crippen LogP) is 1.28. The summed E-state index contributed by atoms with van der Waals surface area (Å²) in [6.45, 7) is 0.554. The highest BCUT2D eigenvalue weighted by molar-refractivity contribution is 5.79. The van der Waals surface area contributed by atoms with E-state index in [1.807, 2.05) is 18.2 Å². The topological polar surface area (TPSA) is 47.6 Å². The Bertz CT molecular complexity index is 457. The van der Waals surface area contributed by atoms with E-state index in [-0.39, 0.29) is 11.4 Å². The summed E-state index contributed by atoms with van der Waals surface area (Å²) in [5.74, 6) is 1.82. The fourth-order valence-electron chi connectivity index (χ4n) is 2.67. The zero-order chi connectivity index (χ0) is 11.9. The first kappa shape index (κ1) is 10.4. The Hall–Kier alpha value is -1.71. The first-order valence-corrected chi connectivity index (χ1v) is 5.82. The smallest absolute Gasteiger partial charge is 0.220 e. The summed E-state index contributed by atoms with van der Waals surface area (Å²) < 4.78 is 11.1. The number of ether oxygens (including phenoxy) is 2. The molecular formula is C13H15NO3. The third kappa shape index (κ3) is 1.64. The average molecular weight is 233 g/mol. The van der Waals surface area contributed by atoms with Crippen molar-refractivity contribution >= 4 is 5.91 Å². The molecule has 17 heavy (non-hydrogen) atoms. The number of amides is 1. The first-order chi connectivity index (χ1) is 8.22. The number of carbonyl (C=O) groups is 1. The molecule has 4 heteroatoms. The van der Waals surface area contributed by atoms with Gasteiger partial charge in [-0.25, -0.2) is 0 Å². The lowest BCUT2D eigenvalue weighted by atomic mass is 9.87. The van der Waals surface area contributed by atoms with Gasteiger partial charge in [-0.3, -0.25) is 4.79 Å². The molecule has 1 atom stereocenters. The molecule has 2 aliphatic rings. The Balaban J connectivity index is 1.96. The van der Waals surface area contributed by atoms with E-state index in [1.165, 1.54) is 0 Å². The molecule has 0 aliphatic carbocycles. The van der Waals surface area contributed by atoms with E-state index in [4.69, 9.17) is 9.47 Å². The lowest BCUT2D eigenvalue weighted by Crippen LogP contribution is -2.50. The SMILES string of the molecule is COc1cccc2c1CC1(CCC(=O)N1)CO2. The van der Waals surface area contributed by atoms with Gasteiger partial charge in [-0.05, 0) is 18.6 Å². The molecule has 1 N–H and O–H groups in total. The van der Waals surface area contributed by atoms with Crippen LogP contribution in [0.1, 0.15) is 18.4 Å². The van der Waals surface area contributed by atoms with Gasteiger partial charge in [-0.1, -0.05) is 6.07 Å². The van der Waals surface area contributed by atoms with E-state index in [2.05, 4.69) is 5.32 Å². The Kier molecular flexibility index (Phi) is 2.24. The van der Waals surface area contributed by atoms with Crippen LogP contribution in [-0.4, -0.2) is 25.2 Å². The number of hydrogen-bond donors (Lipinski definition) is 1. The van der Waals surface area contributed by atoms with E-state index in [0.717, 1.165) is 29.9 Å². The number of rotatable bonds is 1. The van der Waals surface area contributed by atoms with Gasteiger partial charge in [0.15, 0.2) is 0 Å². The molecule has 1 unspecified atom stereocenters. The number of carbonyl (C=O) groups excluding carboxylic acids is 1. The van der Waals surface area contributed by atoms with Gasteiger partial charge in [0.25, 0.3) is 0 Å². The summed E-state index contributed by atoms with van der Waals surface area (Å²) in [6, 6.07) is 5.79. The Morgan fingerprint density at radius 1 is 1.47 bits per heavy atom. The monoisotopic (exact) mass is 233 g/mol. The van der Waals surface area contributed by atoms with Crippen molar-refractivity contribution in [3.63, 3.8) is 0 Å². The lowest BCUT2D eigenvalue weighted by Gasteiger charge is -2.35. The van der Waals surface area contributed by atoms with E-state index < -0.39 is 0 Å². The van der Waals surface area contributed by atoms with E-state index in [1.54, 1.807) is 7.11 Å². The third-order valence-corrected chi connectivity index (χ3v) is 3.56. The van der Waals surface area contributed by atoms with Crippen molar-refractivity contribution in [3.8, 4) is 11.5 Å². The molecule has 4 nitrogen and oxygen atoms in total. The summed E-state index contributed by atoms with van der Waals surface area (Å²) in [7, 11) is 1.66. The van der Waals surface area contributed by atoms with Crippen LogP contribution in [0.4, 0.5) is 0 Å². The van der Waals surface area contributed by atoms with Gasteiger partial charge in [-0.15, -0.1) is 0 Å². The summed E-state index contributed by atoms with van der Waals surface area (Å²) in [5.41, 5.74) is 0.835. The molecule has 0 aromatic heterocycles. The Morgan fingerprint density at radius 2 is 2.35 bits per heavy atom. The number of nitrogens with one attached hydrogen (secondary N) is 1. The molecule has 1 fully saturated rings. The maximum atomic E-state index is 11.4. The molecule has 1 aromatic carbocycles. The van der Waals surface area contributed by atoms with Crippen LogP contribution in [-0.2, 0) is 11.2 Å². The van der Waals surface area contributed by atoms with Crippen molar-refractivity contribution < 1.29 is 14.3 Å². The van der Waals surface area contributed by atoms with Crippen LogP contribution in [0, 0.1) is 0 Å². The van der Waals surface area contributed by atoms with Crippen LogP contribution >= 0.6 is 0 Å². The van der Waals surface area contributed by atoms with Gasteiger partial charge in [0, 0.05) is 18.4 Å². The van der Waals surface area contributed by atoms with Crippen molar-refractivity contribution in [2.45, 2.75) is 24.8 Å². The van der Waals surface area contributed by atoms with Crippen LogP contribution in [0.25, 0.3) is 0 Å². The van der Waals surface area contributed by atoms with Crippen molar-refractivity contribution in [2.75, 3.05) is 13.7 Å². The third-order valence-electron chi connectivity index (χ3n) is 3.56. The molecule has 1 saturated heterocycles. The molecule has 1 spiro atoms. The second-order valence-electron chi connectivity index (χ2n) is 4.73. The van der Waals surface area contributed by atoms with E-state index in [0.29, 0.717) is 13.0 Å². The Labute approximate surface area is 99.9 Å². The highest BCUT2D eigenvalue weighted by atomic mass is 16.5. The fourth-order valence-corrected chi connectivity index (χ4v) is 2.67. The van der Waals surface area contributed by atoms with Crippen LogP contribution in [0.15, 0.2) is 18.2 Å². The maximum Gasteiger partial charge on any atom is 0.220 e. The minimum atomic E-state index is -0.223. The zero-order valence-corrected chi connectivity index (χ0v) is 9.79. The van der Waals surface area contributed by atoms with Gasteiger partial charge >= 0.3 is 0 Å². The minimum Gasteiger partial charge on any atom is -0.496 e. The number of hydrogen-bond acceptors (Lipinski definition) is 3. The predicted molar refractivity (Wildman–Crippen MR) is 62.3 cm³/mol. The molecular weight excluding hydrogens is 218 g/mol. The molecule has 0 bridgehead atoms. The average Bonchev–Trinajstić information content (AvgIpc) is 2.70. The van der Waals surface area contributed by atoms with Crippen molar-refractivity contribution in [1.82, 2.24) is 5.32 Å². The summed E-state index contributed by atoms with van der Waals surface area (Å²) in [4.78, 5) is 11.4. The quantitative estimate of drug-likeness (QED) is 0.794.